The van der Waals surface area contributed by atoms with E-state index < -0.39 is 0 Å². The van der Waals surface area contributed by atoms with Gasteiger partial charge in [-0.1, -0.05) is 6.92 Å². The molecule has 4 nitrogen and oxygen atoms in total. The zero-order valence-electron chi connectivity index (χ0n) is 8.49. The topological polar surface area (TPSA) is 47.6 Å². The molecule has 0 bridgehead atoms. The molecule has 2 aliphatic heterocycles. The molecule has 2 atom stereocenters. The Labute approximate surface area is 84.0 Å². The summed E-state index contributed by atoms with van der Waals surface area (Å²) < 4.78 is 10.7. The number of carbonyl (C=O) groups excluding carboxylic acids is 1. The van der Waals surface area contributed by atoms with E-state index in [1.165, 1.54) is 0 Å². The summed E-state index contributed by atoms with van der Waals surface area (Å²) >= 11 is 0. The van der Waals surface area contributed by atoms with E-state index in [2.05, 4.69) is 12.2 Å². The largest absolute Gasteiger partial charge is 0.353 e. The van der Waals surface area contributed by atoms with Gasteiger partial charge in [-0.25, -0.2) is 0 Å². The van der Waals surface area contributed by atoms with Crippen LogP contribution in [0.1, 0.15) is 26.2 Å². The van der Waals surface area contributed by atoms with Gasteiger partial charge in [0.15, 0.2) is 6.29 Å². The molecule has 0 aromatic heterocycles. The van der Waals surface area contributed by atoms with E-state index in [4.69, 9.17) is 9.47 Å². The first-order valence-electron chi connectivity index (χ1n) is 5.28. The summed E-state index contributed by atoms with van der Waals surface area (Å²) in [5.41, 5.74) is 0. The lowest BCUT2D eigenvalue weighted by Crippen LogP contribution is -2.29. The minimum Gasteiger partial charge on any atom is -0.353 e. The van der Waals surface area contributed by atoms with Gasteiger partial charge >= 0.3 is 0 Å². The number of nitrogens with one attached hydrogen (secondary N) is 1. The summed E-state index contributed by atoms with van der Waals surface area (Å²) in [4.78, 5) is 11.1. The molecular formula is C10H17NO3. The highest BCUT2D eigenvalue weighted by atomic mass is 16.7. The Balaban J connectivity index is 1.72. The lowest BCUT2D eigenvalue weighted by Gasteiger charge is -2.16. The Morgan fingerprint density at radius 1 is 1.36 bits per heavy atom. The van der Waals surface area contributed by atoms with Crippen molar-refractivity contribution in [2.45, 2.75) is 38.5 Å². The molecule has 1 N–H and O–H groups in total. The fraction of sp³-hybridized carbons (Fsp3) is 0.900. The molecule has 0 aromatic carbocycles. The zero-order valence-corrected chi connectivity index (χ0v) is 8.49. The third kappa shape index (κ3) is 2.25. The molecule has 2 rings (SSSR count). The first-order valence-corrected chi connectivity index (χ1v) is 5.28. The minimum atomic E-state index is -0.0419. The van der Waals surface area contributed by atoms with E-state index in [0.29, 0.717) is 31.6 Å². The summed E-state index contributed by atoms with van der Waals surface area (Å²) in [5.74, 6) is 0.625. The van der Waals surface area contributed by atoms with E-state index in [9.17, 15) is 4.79 Å². The second kappa shape index (κ2) is 4.28. The van der Waals surface area contributed by atoms with Gasteiger partial charge in [-0.15, -0.1) is 0 Å². The molecule has 0 aliphatic carbocycles. The minimum absolute atomic E-state index is 0.0419. The first-order chi connectivity index (χ1) is 6.75. The average Bonchev–Trinajstić information content (AvgIpc) is 2.72. The van der Waals surface area contributed by atoms with Crippen LogP contribution in [0, 0.1) is 5.92 Å². The average molecular weight is 199 g/mol. The Hall–Kier alpha value is -0.610. The summed E-state index contributed by atoms with van der Waals surface area (Å²) in [5, 5.41) is 2.98. The van der Waals surface area contributed by atoms with Gasteiger partial charge in [0.25, 0.3) is 0 Å². The summed E-state index contributed by atoms with van der Waals surface area (Å²) in [6, 6.07) is 0.315. The molecule has 0 radical (unpaired) electrons. The van der Waals surface area contributed by atoms with E-state index in [0.717, 1.165) is 12.8 Å². The molecule has 1 amide bonds. The van der Waals surface area contributed by atoms with Crippen molar-refractivity contribution >= 4 is 5.91 Å². The third-order valence-electron chi connectivity index (χ3n) is 2.94. The van der Waals surface area contributed by atoms with Crippen molar-refractivity contribution in [3.8, 4) is 0 Å². The second-order valence-corrected chi connectivity index (χ2v) is 4.10. The Bertz CT molecular complexity index is 213. The van der Waals surface area contributed by atoms with Gasteiger partial charge in [-0.05, 0) is 12.3 Å². The van der Waals surface area contributed by atoms with Crippen molar-refractivity contribution in [3.05, 3.63) is 0 Å². The number of hydrogen-bond acceptors (Lipinski definition) is 3. The molecular weight excluding hydrogens is 182 g/mol. The molecule has 0 aromatic rings. The molecule has 80 valence electrons. The maximum atomic E-state index is 11.1. The Morgan fingerprint density at radius 3 is 2.64 bits per heavy atom. The number of rotatable bonds is 3. The van der Waals surface area contributed by atoms with Gasteiger partial charge in [-0.2, -0.15) is 0 Å². The van der Waals surface area contributed by atoms with Crippen LogP contribution in [0.25, 0.3) is 0 Å². The molecule has 2 fully saturated rings. The normalized spacial score (nSPS) is 33.6. The number of hydrogen-bond donors (Lipinski definition) is 1. The molecule has 0 unspecified atom stereocenters. The second-order valence-electron chi connectivity index (χ2n) is 4.10. The zero-order chi connectivity index (χ0) is 9.97. The first kappa shape index (κ1) is 9.93. The van der Waals surface area contributed by atoms with Crippen LogP contribution >= 0.6 is 0 Å². The third-order valence-corrected chi connectivity index (χ3v) is 2.94. The molecule has 14 heavy (non-hydrogen) atoms. The Kier molecular flexibility index (Phi) is 3.03. The van der Waals surface area contributed by atoms with Crippen molar-refractivity contribution in [1.82, 2.24) is 5.32 Å². The molecule has 2 aliphatic rings. The van der Waals surface area contributed by atoms with Gasteiger partial charge in [0.05, 0.1) is 13.2 Å². The molecule has 4 heteroatoms. The van der Waals surface area contributed by atoms with Gasteiger partial charge in [0.1, 0.15) is 0 Å². The fourth-order valence-corrected chi connectivity index (χ4v) is 2.09. The standard InChI is InChI=1S/C10H17NO3/c1-7-6-9(12)11-8(7)2-3-10-13-4-5-14-10/h7-8,10H,2-6H2,1H3,(H,11,12)/t7-,8+/m0/s1. The van der Waals surface area contributed by atoms with Crippen molar-refractivity contribution in [2.24, 2.45) is 5.92 Å². The molecule has 0 spiro atoms. The van der Waals surface area contributed by atoms with Crippen LogP contribution in [0.2, 0.25) is 0 Å². The highest BCUT2D eigenvalue weighted by Gasteiger charge is 2.29. The quantitative estimate of drug-likeness (QED) is 0.726. The summed E-state index contributed by atoms with van der Waals surface area (Å²) in [6.45, 7) is 3.52. The maximum Gasteiger partial charge on any atom is 0.220 e. The monoisotopic (exact) mass is 199 g/mol. The van der Waals surface area contributed by atoms with Crippen LogP contribution in [0.5, 0.6) is 0 Å². The predicted octanol–water partition coefficient (Wildman–Crippen LogP) is 0.664. The highest BCUT2D eigenvalue weighted by molar-refractivity contribution is 5.78. The van der Waals surface area contributed by atoms with Gasteiger partial charge in [0.2, 0.25) is 5.91 Å². The van der Waals surface area contributed by atoms with Crippen molar-refractivity contribution in [2.75, 3.05) is 13.2 Å². The van der Waals surface area contributed by atoms with Crippen molar-refractivity contribution < 1.29 is 14.3 Å². The fourth-order valence-electron chi connectivity index (χ4n) is 2.09. The van der Waals surface area contributed by atoms with E-state index >= 15 is 0 Å². The van der Waals surface area contributed by atoms with Crippen LogP contribution in [-0.2, 0) is 14.3 Å². The van der Waals surface area contributed by atoms with Crippen LogP contribution in [0.15, 0.2) is 0 Å². The van der Waals surface area contributed by atoms with Crippen LogP contribution in [0.3, 0.4) is 0 Å². The summed E-state index contributed by atoms with van der Waals surface area (Å²) in [7, 11) is 0. The highest BCUT2D eigenvalue weighted by Crippen LogP contribution is 2.21. The summed E-state index contributed by atoms with van der Waals surface area (Å²) in [6.07, 6.45) is 2.46. The molecule has 2 saturated heterocycles. The van der Waals surface area contributed by atoms with Gasteiger partial charge in [0, 0.05) is 18.9 Å². The van der Waals surface area contributed by atoms with Gasteiger partial charge in [-0.3, -0.25) is 4.79 Å². The number of ether oxygens (including phenoxy) is 2. The van der Waals surface area contributed by atoms with E-state index in [-0.39, 0.29) is 12.2 Å². The Morgan fingerprint density at radius 2 is 2.07 bits per heavy atom. The van der Waals surface area contributed by atoms with Crippen LogP contribution < -0.4 is 5.32 Å². The smallest absolute Gasteiger partial charge is 0.220 e. The molecule has 0 saturated carbocycles. The lowest BCUT2D eigenvalue weighted by atomic mass is 9.99. The number of amides is 1. The number of carbonyl (C=O) groups is 1. The molecule has 2 heterocycles. The lowest BCUT2D eigenvalue weighted by molar-refractivity contribution is -0.119. The van der Waals surface area contributed by atoms with Crippen molar-refractivity contribution in [3.63, 3.8) is 0 Å². The van der Waals surface area contributed by atoms with E-state index in [1.807, 2.05) is 0 Å². The van der Waals surface area contributed by atoms with Crippen molar-refractivity contribution in [1.29, 1.82) is 0 Å². The van der Waals surface area contributed by atoms with Crippen LogP contribution in [0.4, 0.5) is 0 Å². The SMILES string of the molecule is C[C@H]1CC(=O)N[C@@H]1CCC1OCCO1. The maximum absolute atomic E-state index is 11.1. The predicted molar refractivity (Wildman–Crippen MR) is 50.6 cm³/mol. The van der Waals surface area contributed by atoms with E-state index in [1.54, 1.807) is 0 Å². The van der Waals surface area contributed by atoms with Gasteiger partial charge < -0.3 is 14.8 Å². The van der Waals surface area contributed by atoms with Crippen LogP contribution in [-0.4, -0.2) is 31.5 Å².